The molecule has 1 aromatic carbocycles. The van der Waals surface area contributed by atoms with E-state index < -0.39 is 0 Å². The first kappa shape index (κ1) is 17.3. The molecule has 0 unspecified atom stereocenters. The third kappa shape index (κ3) is 5.27. The summed E-state index contributed by atoms with van der Waals surface area (Å²) in [5.74, 6) is -0.281. The van der Waals surface area contributed by atoms with Gasteiger partial charge in [0, 0.05) is 18.8 Å². The van der Waals surface area contributed by atoms with Crippen molar-refractivity contribution in [1.82, 2.24) is 4.90 Å². The number of amides is 1. The molecule has 0 bridgehead atoms. The van der Waals surface area contributed by atoms with Crippen LogP contribution in [0.4, 0.5) is 5.69 Å². The van der Waals surface area contributed by atoms with Gasteiger partial charge in [-0.25, -0.2) is 0 Å². The van der Waals surface area contributed by atoms with E-state index in [0.717, 1.165) is 0 Å². The summed E-state index contributed by atoms with van der Waals surface area (Å²) < 4.78 is 4.61. The Morgan fingerprint density at radius 2 is 2.05 bits per heavy atom. The molecule has 0 radical (unpaired) electrons. The van der Waals surface area contributed by atoms with E-state index in [0.29, 0.717) is 29.4 Å². The van der Waals surface area contributed by atoms with Crippen LogP contribution in [-0.4, -0.2) is 37.0 Å². The fraction of sp³-hybridized carbons (Fsp3) is 0.467. The monoisotopic (exact) mass is 312 g/mol. The molecule has 0 aromatic heterocycles. The number of nitrogens with two attached hydrogens (primary N) is 1. The Labute approximate surface area is 130 Å². The quantitative estimate of drug-likeness (QED) is 0.647. The highest BCUT2D eigenvalue weighted by Crippen LogP contribution is 2.21. The molecule has 0 saturated heterocycles. The lowest BCUT2D eigenvalue weighted by molar-refractivity contribution is -0.140. The third-order valence-electron chi connectivity index (χ3n) is 2.91. The van der Waals surface area contributed by atoms with E-state index in [4.69, 9.17) is 17.3 Å². The van der Waals surface area contributed by atoms with E-state index in [1.807, 2.05) is 13.8 Å². The summed E-state index contributed by atoms with van der Waals surface area (Å²) >= 11 is 6.08. The Kier molecular flexibility index (Phi) is 6.49. The number of carbonyl (C=O) groups is 2. The zero-order chi connectivity index (χ0) is 16.0. The predicted molar refractivity (Wildman–Crippen MR) is 83.2 cm³/mol. The van der Waals surface area contributed by atoms with Gasteiger partial charge in [0.25, 0.3) is 5.91 Å². The molecule has 1 rings (SSSR count). The lowest BCUT2D eigenvalue weighted by Crippen LogP contribution is -2.36. The van der Waals surface area contributed by atoms with Gasteiger partial charge in [-0.05, 0) is 24.1 Å². The van der Waals surface area contributed by atoms with Crippen LogP contribution in [0.1, 0.15) is 30.6 Å². The molecular weight excluding hydrogens is 292 g/mol. The maximum atomic E-state index is 12.6. The molecule has 0 aliphatic heterocycles. The average Bonchev–Trinajstić information content (AvgIpc) is 2.42. The number of esters is 1. The SMILES string of the molecule is COC(=O)CCN(CC(C)C)C(=O)c1ccc(N)cc1Cl. The van der Waals surface area contributed by atoms with Crippen molar-refractivity contribution >= 4 is 29.2 Å². The molecule has 116 valence electrons. The van der Waals surface area contributed by atoms with Crippen molar-refractivity contribution in [3.8, 4) is 0 Å². The van der Waals surface area contributed by atoms with Gasteiger partial charge in [0.2, 0.25) is 0 Å². The van der Waals surface area contributed by atoms with Crippen molar-refractivity contribution in [2.24, 2.45) is 5.92 Å². The summed E-state index contributed by atoms with van der Waals surface area (Å²) in [6.45, 7) is 4.84. The second-order valence-electron chi connectivity index (χ2n) is 5.21. The van der Waals surface area contributed by atoms with Gasteiger partial charge in [-0.1, -0.05) is 25.4 Å². The minimum Gasteiger partial charge on any atom is -0.469 e. The summed E-state index contributed by atoms with van der Waals surface area (Å²) in [6, 6.07) is 4.78. The van der Waals surface area contributed by atoms with Gasteiger partial charge in [-0.15, -0.1) is 0 Å². The fourth-order valence-electron chi connectivity index (χ4n) is 1.92. The molecule has 5 nitrogen and oxygen atoms in total. The van der Waals surface area contributed by atoms with Crippen LogP contribution in [0.5, 0.6) is 0 Å². The van der Waals surface area contributed by atoms with Crippen molar-refractivity contribution < 1.29 is 14.3 Å². The summed E-state index contributed by atoms with van der Waals surface area (Å²) in [6.07, 6.45) is 0.154. The number of rotatable bonds is 6. The van der Waals surface area contributed by atoms with Crippen molar-refractivity contribution in [1.29, 1.82) is 0 Å². The minimum absolute atomic E-state index is 0.154. The molecule has 0 heterocycles. The summed E-state index contributed by atoms with van der Waals surface area (Å²) in [5, 5.41) is 0.312. The smallest absolute Gasteiger partial charge is 0.307 e. The molecule has 0 saturated carbocycles. The van der Waals surface area contributed by atoms with Gasteiger partial charge in [0.15, 0.2) is 0 Å². The highest BCUT2D eigenvalue weighted by atomic mass is 35.5. The highest BCUT2D eigenvalue weighted by molar-refractivity contribution is 6.34. The molecule has 0 fully saturated rings. The molecule has 2 N–H and O–H groups in total. The first-order chi connectivity index (χ1) is 9.85. The van der Waals surface area contributed by atoms with E-state index in [-0.39, 0.29) is 24.2 Å². The van der Waals surface area contributed by atoms with Crippen molar-refractivity contribution in [2.45, 2.75) is 20.3 Å². The summed E-state index contributed by atoms with van der Waals surface area (Å²) in [5.41, 5.74) is 6.52. The first-order valence-corrected chi connectivity index (χ1v) is 7.14. The zero-order valence-corrected chi connectivity index (χ0v) is 13.3. The molecule has 0 aliphatic rings. The molecule has 1 amide bonds. The Bertz CT molecular complexity index is 518. The van der Waals surface area contributed by atoms with Crippen LogP contribution in [0.2, 0.25) is 5.02 Å². The van der Waals surface area contributed by atoms with Gasteiger partial charge < -0.3 is 15.4 Å². The lowest BCUT2D eigenvalue weighted by Gasteiger charge is -2.24. The number of methoxy groups -OCH3 is 1. The van der Waals surface area contributed by atoms with Crippen LogP contribution in [0.3, 0.4) is 0 Å². The van der Waals surface area contributed by atoms with Crippen LogP contribution < -0.4 is 5.73 Å². The van der Waals surface area contributed by atoms with Gasteiger partial charge in [0.1, 0.15) is 0 Å². The van der Waals surface area contributed by atoms with E-state index >= 15 is 0 Å². The Morgan fingerprint density at radius 3 is 2.57 bits per heavy atom. The second kappa shape index (κ2) is 7.88. The maximum Gasteiger partial charge on any atom is 0.307 e. The number of ether oxygens (including phenoxy) is 1. The minimum atomic E-state index is -0.347. The number of carbonyl (C=O) groups excluding carboxylic acids is 2. The fourth-order valence-corrected chi connectivity index (χ4v) is 2.19. The number of hydrogen-bond donors (Lipinski definition) is 1. The standard InChI is InChI=1S/C15H21ClN2O3/c1-10(2)9-18(7-6-14(19)21-3)15(20)12-5-4-11(17)8-13(12)16/h4-5,8,10H,6-7,9,17H2,1-3H3. The normalized spacial score (nSPS) is 10.5. The molecule has 21 heavy (non-hydrogen) atoms. The molecule has 0 atom stereocenters. The maximum absolute atomic E-state index is 12.6. The topological polar surface area (TPSA) is 72.6 Å². The van der Waals surface area contributed by atoms with Crippen LogP contribution in [-0.2, 0) is 9.53 Å². The van der Waals surface area contributed by atoms with Crippen LogP contribution >= 0.6 is 11.6 Å². The van der Waals surface area contributed by atoms with Crippen LogP contribution in [0.25, 0.3) is 0 Å². The first-order valence-electron chi connectivity index (χ1n) is 6.76. The van der Waals surface area contributed by atoms with Gasteiger partial charge in [-0.2, -0.15) is 0 Å². The summed E-state index contributed by atoms with van der Waals surface area (Å²) in [7, 11) is 1.33. The zero-order valence-electron chi connectivity index (χ0n) is 12.6. The Hall–Kier alpha value is -1.75. The van der Waals surface area contributed by atoms with Gasteiger partial charge >= 0.3 is 5.97 Å². The van der Waals surface area contributed by atoms with E-state index in [9.17, 15) is 9.59 Å². The third-order valence-corrected chi connectivity index (χ3v) is 3.22. The van der Waals surface area contributed by atoms with E-state index in [2.05, 4.69) is 4.74 Å². The lowest BCUT2D eigenvalue weighted by atomic mass is 10.1. The number of benzene rings is 1. The van der Waals surface area contributed by atoms with Crippen molar-refractivity contribution in [3.05, 3.63) is 28.8 Å². The highest BCUT2D eigenvalue weighted by Gasteiger charge is 2.20. The average molecular weight is 313 g/mol. The molecule has 1 aromatic rings. The Morgan fingerprint density at radius 1 is 1.38 bits per heavy atom. The number of nitrogens with zero attached hydrogens (tertiary/aromatic N) is 1. The molecule has 0 spiro atoms. The van der Waals surface area contributed by atoms with E-state index in [1.54, 1.807) is 23.1 Å². The van der Waals surface area contributed by atoms with Crippen molar-refractivity contribution in [3.63, 3.8) is 0 Å². The van der Waals surface area contributed by atoms with Gasteiger partial charge in [-0.3, -0.25) is 9.59 Å². The number of nitrogen functional groups attached to an aromatic ring is 1. The molecule has 0 aliphatic carbocycles. The van der Waals surface area contributed by atoms with Crippen molar-refractivity contribution in [2.75, 3.05) is 25.9 Å². The molecular formula is C15H21ClN2O3. The summed E-state index contributed by atoms with van der Waals surface area (Å²) in [4.78, 5) is 25.4. The second-order valence-corrected chi connectivity index (χ2v) is 5.62. The van der Waals surface area contributed by atoms with Crippen LogP contribution in [0, 0.1) is 5.92 Å². The van der Waals surface area contributed by atoms with E-state index in [1.165, 1.54) is 7.11 Å². The predicted octanol–water partition coefficient (Wildman–Crippen LogP) is 2.58. The largest absolute Gasteiger partial charge is 0.469 e. The molecule has 6 heteroatoms. The van der Waals surface area contributed by atoms with Gasteiger partial charge in [0.05, 0.1) is 24.1 Å². The number of anilines is 1. The number of hydrogen-bond acceptors (Lipinski definition) is 4. The van der Waals surface area contributed by atoms with Crippen LogP contribution in [0.15, 0.2) is 18.2 Å². The Balaban J connectivity index is 2.90. The number of halogens is 1.